The van der Waals surface area contributed by atoms with Crippen molar-refractivity contribution in [3.05, 3.63) is 11.6 Å². The number of allylic oxidation sites excluding steroid dienone is 2. The van der Waals surface area contributed by atoms with Crippen molar-refractivity contribution < 1.29 is 9.84 Å². The van der Waals surface area contributed by atoms with E-state index >= 15 is 0 Å². The lowest BCUT2D eigenvalue weighted by Crippen LogP contribution is -2.02. The first-order valence-electron chi connectivity index (χ1n) is 9.11. The van der Waals surface area contributed by atoms with Crippen LogP contribution in [0.4, 0.5) is 0 Å². The first kappa shape index (κ1) is 23.9. The number of aliphatic hydroxyl groups excluding tert-OH is 1. The van der Waals surface area contributed by atoms with Crippen molar-refractivity contribution >= 4 is 0 Å². The summed E-state index contributed by atoms with van der Waals surface area (Å²) in [7, 11) is 0. The van der Waals surface area contributed by atoms with Gasteiger partial charge in [0.05, 0.1) is 0 Å². The van der Waals surface area contributed by atoms with E-state index in [1.165, 1.54) is 24.8 Å². The number of ether oxygens (including phenoxy) is 1. The van der Waals surface area contributed by atoms with Gasteiger partial charge in [0.15, 0.2) is 0 Å². The Morgan fingerprint density at radius 3 is 1.73 bits per heavy atom. The Hall–Kier alpha value is -0.340. The minimum Gasteiger partial charge on any atom is -0.396 e. The maximum Gasteiger partial charge on any atom is 0.0468 e. The van der Waals surface area contributed by atoms with Crippen LogP contribution < -0.4 is 0 Å². The summed E-state index contributed by atoms with van der Waals surface area (Å²) in [5.74, 6) is 2.21. The summed E-state index contributed by atoms with van der Waals surface area (Å²) >= 11 is 0. The van der Waals surface area contributed by atoms with Crippen molar-refractivity contribution in [2.75, 3.05) is 19.8 Å². The minimum absolute atomic E-state index is 0.329. The Bertz CT molecular complexity index is 230. The Morgan fingerprint density at radius 2 is 1.36 bits per heavy atom. The van der Waals surface area contributed by atoms with Crippen LogP contribution in [0.5, 0.6) is 0 Å². The monoisotopic (exact) mass is 314 g/mol. The predicted molar refractivity (Wildman–Crippen MR) is 99.3 cm³/mol. The summed E-state index contributed by atoms with van der Waals surface area (Å²) in [6, 6.07) is 0. The highest BCUT2D eigenvalue weighted by atomic mass is 16.5. The Balaban J connectivity index is 0. The van der Waals surface area contributed by atoms with Crippen LogP contribution in [-0.2, 0) is 4.74 Å². The molecule has 0 fully saturated rings. The van der Waals surface area contributed by atoms with Gasteiger partial charge in [-0.25, -0.2) is 0 Å². The van der Waals surface area contributed by atoms with E-state index < -0.39 is 0 Å². The molecule has 1 unspecified atom stereocenters. The van der Waals surface area contributed by atoms with E-state index in [9.17, 15) is 0 Å². The minimum atomic E-state index is 0.329. The molecule has 0 aromatic rings. The van der Waals surface area contributed by atoms with E-state index in [-0.39, 0.29) is 0 Å². The summed E-state index contributed by atoms with van der Waals surface area (Å²) in [4.78, 5) is 0. The molecule has 134 valence electrons. The van der Waals surface area contributed by atoms with Gasteiger partial charge in [-0.2, -0.15) is 0 Å². The van der Waals surface area contributed by atoms with Gasteiger partial charge in [0.25, 0.3) is 0 Å². The molecule has 0 rings (SSSR count). The predicted octanol–water partition coefficient (Wildman–Crippen LogP) is 5.85. The quantitative estimate of drug-likeness (QED) is 0.383. The lowest BCUT2D eigenvalue weighted by atomic mass is 10.0. The van der Waals surface area contributed by atoms with Crippen LogP contribution in [0, 0.1) is 17.8 Å². The van der Waals surface area contributed by atoms with Crippen LogP contribution in [0.2, 0.25) is 0 Å². The molecule has 0 amide bonds. The van der Waals surface area contributed by atoms with Crippen LogP contribution in [0.1, 0.15) is 80.6 Å². The van der Waals surface area contributed by atoms with Crippen LogP contribution in [0.3, 0.4) is 0 Å². The standard InChI is InChI=1S/C10H22O.C10H20O/c1-9(2)5-7-11-8-6-10(3)4;1-9(2)5-4-6-10(3)7-8-11/h9-10H,5-8H2,1-4H3;5,10-11H,4,6-8H2,1-3H3. The van der Waals surface area contributed by atoms with Gasteiger partial charge in [0.2, 0.25) is 0 Å². The third-order valence-corrected chi connectivity index (χ3v) is 3.51. The van der Waals surface area contributed by atoms with Gasteiger partial charge in [0, 0.05) is 19.8 Å². The van der Waals surface area contributed by atoms with E-state index in [1.807, 2.05) is 0 Å². The maximum absolute atomic E-state index is 8.63. The topological polar surface area (TPSA) is 29.5 Å². The Labute approximate surface area is 140 Å². The zero-order chi connectivity index (χ0) is 17.4. The van der Waals surface area contributed by atoms with E-state index in [0.29, 0.717) is 12.5 Å². The zero-order valence-corrected chi connectivity index (χ0v) is 16.3. The summed E-state index contributed by atoms with van der Waals surface area (Å²) < 4.78 is 5.46. The first-order valence-corrected chi connectivity index (χ1v) is 9.11. The van der Waals surface area contributed by atoms with Crippen molar-refractivity contribution in [2.45, 2.75) is 80.6 Å². The van der Waals surface area contributed by atoms with Gasteiger partial charge in [-0.1, -0.05) is 46.3 Å². The van der Waals surface area contributed by atoms with Crippen molar-refractivity contribution in [1.82, 2.24) is 0 Å². The normalized spacial score (nSPS) is 12.1. The van der Waals surface area contributed by atoms with Gasteiger partial charge in [-0.3, -0.25) is 0 Å². The molecule has 0 saturated carbocycles. The number of hydrogen-bond donors (Lipinski definition) is 1. The van der Waals surface area contributed by atoms with Crippen LogP contribution in [0.25, 0.3) is 0 Å². The zero-order valence-electron chi connectivity index (χ0n) is 16.3. The third-order valence-electron chi connectivity index (χ3n) is 3.51. The molecule has 2 heteroatoms. The molecule has 0 spiro atoms. The van der Waals surface area contributed by atoms with Gasteiger partial charge in [-0.15, -0.1) is 0 Å². The molecule has 0 heterocycles. The molecule has 1 atom stereocenters. The summed E-state index contributed by atoms with van der Waals surface area (Å²) in [6.07, 6.45) is 7.94. The SMILES string of the molecule is CC(C)=CCCC(C)CCO.CC(C)CCOCCC(C)C. The molecular weight excluding hydrogens is 272 g/mol. The lowest BCUT2D eigenvalue weighted by molar-refractivity contribution is 0.114. The molecule has 0 aliphatic heterocycles. The van der Waals surface area contributed by atoms with Crippen LogP contribution in [-0.4, -0.2) is 24.9 Å². The molecular formula is C20H42O2. The third kappa shape index (κ3) is 24.7. The van der Waals surface area contributed by atoms with Crippen molar-refractivity contribution in [3.63, 3.8) is 0 Å². The molecule has 0 bridgehead atoms. The van der Waals surface area contributed by atoms with Gasteiger partial charge in [0.1, 0.15) is 0 Å². The van der Waals surface area contributed by atoms with Crippen LogP contribution in [0.15, 0.2) is 11.6 Å². The highest BCUT2D eigenvalue weighted by Gasteiger charge is 1.98. The van der Waals surface area contributed by atoms with Crippen molar-refractivity contribution in [2.24, 2.45) is 17.8 Å². The second-order valence-corrected chi connectivity index (χ2v) is 7.45. The largest absolute Gasteiger partial charge is 0.396 e. The molecule has 22 heavy (non-hydrogen) atoms. The van der Waals surface area contributed by atoms with Gasteiger partial charge >= 0.3 is 0 Å². The Kier molecular flexibility index (Phi) is 18.5. The van der Waals surface area contributed by atoms with Gasteiger partial charge < -0.3 is 9.84 Å². The smallest absolute Gasteiger partial charge is 0.0468 e. The molecule has 0 aliphatic carbocycles. The number of hydrogen-bond acceptors (Lipinski definition) is 2. The van der Waals surface area contributed by atoms with Crippen LogP contribution >= 0.6 is 0 Å². The number of rotatable bonds is 11. The summed E-state index contributed by atoms with van der Waals surface area (Å²) in [6.45, 7) is 17.5. The fourth-order valence-electron chi connectivity index (χ4n) is 1.76. The lowest BCUT2D eigenvalue weighted by Gasteiger charge is -2.07. The highest BCUT2D eigenvalue weighted by Crippen LogP contribution is 2.10. The second-order valence-electron chi connectivity index (χ2n) is 7.45. The fraction of sp³-hybridized carbons (Fsp3) is 0.900. The maximum atomic E-state index is 8.63. The number of aliphatic hydroxyl groups is 1. The average Bonchev–Trinajstić information content (AvgIpc) is 2.38. The van der Waals surface area contributed by atoms with Crippen molar-refractivity contribution in [3.8, 4) is 0 Å². The van der Waals surface area contributed by atoms with E-state index in [1.54, 1.807) is 0 Å². The van der Waals surface area contributed by atoms with Crippen molar-refractivity contribution in [1.29, 1.82) is 0 Å². The molecule has 0 aromatic heterocycles. The summed E-state index contributed by atoms with van der Waals surface area (Å²) in [5, 5.41) is 8.63. The first-order chi connectivity index (χ1) is 10.3. The second kappa shape index (κ2) is 17.0. The highest BCUT2D eigenvalue weighted by molar-refractivity contribution is 4.92. The Morgan fingerprint density at radius 1 is 0.864 bits per heavy atom. The fourth-order valence-corrected chi connectivity index (χ4v) is 1.76. The van der Waals surface area contributed by atoms with E-state index in [0.717, 1.165) is 37.9 Å². The molecule has 0 saturated heterocycles. The van der Waals surface area contributed by atoms with E-state index in [4.69, 9.17) is 9.84 Å². The molecule has 2 nitrogen and oxygen atoms in total. The molecule has 0 aliphatic rings. The van der Waals surface area contributed by atoms with E-state index in [2.05, 4.69) is 54.5 Å². The van der Waals surface area contributed by atoms with Gasteiger partial charge in [-0.05, 0) is 63.7 Å². The molecule has 0 aromatic carbocycles. The summed E-state index contributed by atoms with van der Waals surface area (Å²) in [5.41, 5.74) is 1.39. The molecule has 0 radical (unpaired) electrons. The molecule has 1 N–H and O–H groups in total. The average molecular weight is 315 g/mol.